The predicted octanol–water partition coefficient (Wildman–Crippen LogP) is 4.27. The molecule has 4 rings (SSSR count). The van der Waals surface area contributed by atoms with Crippen molar-refractivity contribution >= 4 is 33.4 Å². The SMILES string of the molecule is COc1ccc(OC)c(C(=O)[C@H]2CC(=O)Nc3c2c(C)nn3-c2ccc(Br)cc2)c1. The van der Waals surface area contributed by atoms with Crippen LogP contribution in [-0.2, 0) is 4.79 Å². The number of methoxy groups -OCH3 is 2. The Morgan fingerprint density at radius 3 is 2.57 bits per heavy atom. The molecule has 0 aliphatic carbocycles. The number of rotatable bonds is 5. The van der Waals surface area contributed by atoms with Crippen LogP contribution in [0.2, 0.25) is 0 Å². The number of amides is 1. The third kappa shape index (κ3) is 3.47. The van der Waals surface area contributed by atoms with E-state index in [2.05, 4.69) is 26.3 Å². The molecule has 0 radical (unpaired) electrons. The van der Waals surface area contributed by atoms with Crippen LogP contribution in [0.5, 0.6) is 11.5 Å². The maximum absolute atomic E-state index is 13.5. The predicted molar refractivity (Wildman–Crippen MR) is 116 cm³/mol. The van der Waals surface area contributed by atoms with Gasteiger partial charge in [0.2, 0.25) is 5.91 Å². The van der Waals surface area contributed by atoms with Crippen molar-refractivity contribution in [3.05, 3.63) is 63.8 Å². The molecular weight excluding hydrogens is 450 g/mol. The van der Waals surface area contributed by atoms with E-state index in [4.69, 9.17) is 9.47 Å². The summed E-state index contributed by atoms with van der Waals surface area (Å²) in [7, 11) is 3.04. The minimum absolute atomic E-state index is 0.0407. The lowest BCUT2D eigenvalue weighted by molar-refractivity contribution is -0.116. The molecule has 0 saturated heterocycles. The van der Waals surface area contributed by atoms with E-state index in [-0.39, 0.29) is 18.1 Å². The van der Waals surface area contributed by atoms with Crippen LogP contribution in [-0.4, -0.2) is 35.7 Å². The molecular formula is C22H20BrN3O4. The molecule has 8 heteroatoms. The molecule has 3 aromatic rings. The highest BCUT2D eigenvalue weighted by Crippen LogP contribution is 2.40. The summed E-state index contributed by atoms with van der Waals surface area (Å²) in [5.74, 6) is 0.389. The molecule has 0 saturated carbocycles. The average molecular weight is 470 g/mol. The number of hydrogen-bond acceptors (Lipinski definition) is 5. The number of carbonyl (C=O) groups excluding carboxylic acids is 2. The summed E-state index contributed by atoms with van der Waals surface area (Å²) in [6.45, 7) is 1.84. The Kier molecular flexibility index (Phi) is 5.34. The lowest BCUT2D eigenvalue weighted by Gasteiger charge is -2.24. The van der Waals surface area contributed by atoms with E-state index in [9.17, 15) is 9.59 Å². The highest BCUT2D eigenvalue weighted by Gasteiger charge is 2.37. The van der Waals surface area contributed by atoms with Crippen LogP contribution in [0.4, 0.5) is 5.82 Å². The molecule has 0 fully saturated rings. The highest BCUT2D eigenvalue weighted by atomic mass is 79.9. The Balaban J connectivity index is 1.82. The van der Waals surface area contributed by atoms with Crippen LogP contribution in [0.25, 0.3) is 5.69 Å². The number of benzene rings is 2. The van der Waals surface area contributed by atoms with Gasteiger partial charge in [-0.25, -0.2) is 4.68 Å². The topological polar surface area (TPSA) is 82.4 Å². The summed E-state index contributed by atoms with van der Waals surface area (Å²) in [5.41, 5.74) is 2.56. The number of carbonyl (C=O) groups is 2. The third-order valence-corrected chi connectivity index (χ3v) is 5.69. The average Bonchev–Trinajstić information content (AvgIpc) is 3.08. The summed E-state index contributed by atoms with van der Waals surface area (Å²) < 4.78 is 13.3. The number of hydrogen-bond donors (Lipinski definition) is 1. The van der Waals surface area contributed by atoms with Crippen molar-refractivity contribution in [2.24, 2.45) is 0 Å². The van der Waals surface area contributed by atoms with Gasteiger partial charge in [-0.15, -0.1) is 0 Å². The Morgan fingerprint density at radius 1 is 1.17 bits per heavy atom. The Hall–Kier alpha value is -3.13. The number of aromatic nitrogens is 2. The minimum Gasteiger partial charge on any atom is -0.497 e. The van der Waals surface area contributed by atoms with Gasteiger partial charge in [-0.1, -0.05) is 15.9 Å². The molecule has 0 bridgehead atoms. The van der Waals surface area contributed by atoms with E-state index < -0.39 is 5.92 Å². The van der Waals surface area contributed by atoms with Crippen molar-refractivity contribution in [2.45, 2.75) is 19.3 Å². The van der Waals surface area contributed by atoms with Gasteiger partial charge in [-0.3, -0.25) is 9.59 Å². The Labute approximate surface area is 182 Å². The molecule has 1 amide bonds. The normalized spacial score (nSPS) is 15.3. The van der Waals surface area contributed by atoms with E-state index in [0.29, 0.717) is 34.1 Å². The van der Waals surface area contributed by atoms with E-state index >= 15 is 0 Å². The van der Waals surface area contributed by atoms with Gasteiger partial charge in [-0.2, -0.15) is 5.10 Å². The largest absolute Gasteiger partial charge is 0.497 e. The lowest BCUT2D eigenvalue weighted by Crippen LogP contribution is -2.28. The van der Waals surface area contributed by atoms with Crippen LogP contribution < -0.4 is 14.8 Å². The molecule has 2 heterocycles. The van der Waals surface area contributed by atoms with Crippen LogP contribution in [0.3, 0.4) is 0 Å². The number of Topliss-reactive ketones (excluding diaryl/α,β-unsaturated/α-hetero) is 1. The lowest BCUT2D eigenvalue weighted by atomic mass is 9.85. The fourth-order valence-electron chi connectivity index (χ4n) is 3.73. The van der Waals surface area contributed by atoms with Crippen LogP contribution >= 0.6 is 15.9 Å². The summed E-state index contributed by atoms with van der Waals surface area (Å²) in [5, 5.41) is 7.50. The maximum atomic E-state index is 13.5. The first-order valence-corrected chi connectivity index (χ1v) is 10.1. The number of nitrogens with one attached hydrogen (secondary N) is 1. The third-order valence-electron chi connectivity index (χ3n) is 5.16. The first kappa shape index (κ1) is 20.2. The minimum atomic E-state index is -0.668. The van der Waals surface area contributed by atoms with E-state index in [0.717, 1.165) is 10.2 Å². The Bertz CT molecular complexity index is 1140. The zero-order valence-corrected chi connectivity index (χ0v) is 18.3. The maximum Gasteiger partial charge on any atom is 0.226 e. The molecule has 1 atom stereocenters. The molecule has 2 aromatic carbocycles. The summed E-state index contributed by atoms with van der Waals surface area (Å²) >= 11 is 3.42. The van der Waals surface area contributed by atoms with Crippen molar-refractivity contribution in [1.82, 2.24) is 9.78 Å². The zero-order valence-electron chi connectivity index (χ0n) is 16.7. The molecule has 1 N–H and O–H groups in total. The molecule has 7 nitrogen and oxygen atoms in total. The van der Waals surface area contributed by atoms with Gasteiger partial charge in [0.1, 0.15) is 17.3 Å². The second kappa shape index (κ2) is 7.95. The molecule has 0 spiro atoms. The van der Waals surface area contributed by atoms with E-state index in [1.807, 2.05) is 31.2 Å². The van der Waals surface area contributed by atoms with Crippen molar-refractivity contribution in [1.29, 1.82) is 0 Å². The van der Waals surface area contributed by atoms with Crippen LogP contribution in [0, 0.1) is 6.92 Å². The zero-order chi connectivity index (χ0) is 21.4. The molecule has 1 aliphatic heterocycles. The first-order chi connectivity index (χ1) is 14.4. The second-order valence-electron chi connectivity index (χ2n) is 6.97. The standard InChI is InChI=1S/C22H20BrN3O4/c1-12-20-17(21(28)16-10-15(29-2)8-9-18(16)30-3)11-19(27)24-22(20)26(25-12)14-6-4-13(23)5-7-14/h4-10,17H,11H2,1-3H3,(H,24,27)/t17-/m0/s1. The van der Waals surface area contributed by atoms with Crippen molar-refractivity contribution < 1.29 is 19.1 Å². The molecule has 0 unspecified atom stereocenters. The summed E-state index contributed by atoms with van der Waals surface area (Å²) in [6, 6.07) is 12.6. The van der Waals surface area contributed by atoms with E-state index in [1.54, 1.807) is 22.9 Å². The first-order valence-electron chi connectivity index (χ1n) is 9.34. The molecule has 30 heavy (non-hydrogen) atoms. The number of fused-ring (bicyclic) bond motifs is 1. The summed E-state index contributed by atoms with van der Waals surface area (Å²) in [6.07, 6.45) is 0.0407. The van der Waals surface area contributed by atoms with Gasteiger partial charge in [0.25, 0.3) is 0 Å². The van der Waals surface area contributed by atoms with E-state index in [1.165, 1.54) is 14.2 Å². The number of ether oxygens (including phenoxy) is 2. The van der Waals surface area contributed by atoms with Crippen molar-refractivity contribution in [3.63, 3.8) is 0 Å². The molecule has 154 valence electrons. The quantitative estimate of drug-likeness (QED) is 0.564. The molecule has 1 aromatic heterocycles. The number of aryl methyl sites for hydroxylation is 1. The monoisotopic (exact) mass is 469 g/mol. The van der Waals surface area contributed by atoms with Gasteiger partial charge in [0.15, 0.2) is 5.78 Å². The van der Waals surface area contributed by atoms with Gasteiger partial charge in [0, 0.05) is 16.5 Å². The number of ketones is 1. The van der Waals surface area contributed by atoms with Gasteiger partial charge < -0.3 is 14.8 Å². The smallest absolute Gasteiger partial charge is 0.226 e. The number of nitrogens with zero attached hydrogens (tertiary/aromatic N) is 2. The number of halogens is 1. The summed E-state index contributed by atoms with van der Waals surface area (Å²) in [4.78, 5) is 26.1. The Morgan fingerprint density at radius 2 is 1.90 bits per heavy atom. The fraction of sp³-hybridized carbons (Fsp3) is 0.227. The van der Waals surface area contributed by atoms with Gasteiger partial charge >= 0.3 is 0 Å². The highest BCUT2D eigenvalue weighted by molar-refractivity contribution is 9.10. The van der Waals surface area contributed by atoms with Crippen molar-refractivity contribution in [2.75, 3.05) is 19.5 Å². The van der Waals surface area contributed by atoms with Crippen molar-refractivity contribution in [3.8, 4) is 17.2 Å². The van der Waals surface area contributed by atoms with Crippen LogP contribution in [0.1, 0.15) is 34.0 Å². The molecule has 1 aliphatic rings. The van der Waals surface area contributed by atoms with Gasteiger partial charge in [0.05, 0.1) is 37.1 Å². The van der Waals surface area contributed by atoms with Crippen LogP contribution in [0.15, 0.2) is 46.9 Å². The second-order valence-corrected chi connectivity index (χ2v) is 7.89. The van der Waals surface area contributed by atoms with Gasteiger partial charge in [-0.05, 0) is 49.4 Å². The number of anilines is 1. The fourth-order valence-corrected chi connectivity index (χ4v) is 4.00.